The number of carbonyl (C=O) groups excluding carboxylic acids is 1. The van der Waals surface area contributed by atoms with Gasteiger partial charge in [-0.2, -0.15) is 13.2 Å². The van der Waals surface area contributed by atoms with E-state index in [1.165, 1.54) is 7.11 Å². The minimum Gasteiger partial charge on any atom is -0.496 e. The molecule has 3 aromatic rings. The third-order valence-corrected chi connectivity index (χ3v) is 4.12. The molecule has 1 N–H and O–H groups in total. The van der Waals surface area contributed by atoms with Crippen molar-refractivity contribution in [2.45, 2.75) is 12.7 Å². The van der Waals surface area contributed by atoms with Crippen molar-refractivity contribution in [1.82, 2.24) is 14.9 Å². The van der Waals surface area contributed by atoms with Gasteiger partial charge in [0.25, 0.3) is 5.91 Å². The van der Waals surface area contributed by atoms with Crippen molar-refractivity contribution in [2.24, 2.45) is 7.05 Å². The Hall–Kier alpha value is -3.10. The van der Waals surface area contributed by atoms with Crippen LogP contribution in [-0.4, -0.2) is 22.6 Å². The van der Waals surface area contributed by atoms with Gasteiger partial charge in [-0.3, -0.25) is 4.79 Å². The average molecular weight is 381 g/mol. The number of imidazole rings is 1. The maximum absolute atomic E-state index is 13.7. The van der Waals surface area contributed by atoms with Crippen molar-refractivity contribution in [2.75, 3.05) is 7.11 Å². The number of nitrogens with one attached hydrogen (secondary N) is 1. The van der Waals surface area contributed by atoms with Gasteiger partial charge in [0.1, 0.15) is 11.6 Å². The van der Waals surface area contributed by atoms with Crippen LogP contribution in [0.5, 0.6) is 5.75 Å². The molecule has 0 unspecified atom stereocenters. The summed E-state index contributed by atoms with van der Waals surface area (Å²) in [5.41, 5.74) is 0.462. The summed E-state index contributed by atoms with van der Waals surface area (Å²) in [6.45, 7) is 0.0293. The number of hydrogen-bond donors (Lipinski definition) is 1. The Balaban J connectivity index is 1.85. The zero-order valence-corrected chi connectivity index (χ0v) is 14.4. The van der Waals surface area contributed by atoms with E-state index in [1.54, 1.807) is 30.1 Å². The normalized spacial score (nSPS) is 11.6. The number of aromatic nitrogens is 2. The second-order valence-electron chi connectivity index (χ2n) is 5.84. The van der Waals surface area contributed by atoms with E-state index in [4.69, 9.17) is 4.74 Å². The smallest absolute Gasteiger partial charge is 0.419 e. The van der Waals surface area contributed by atoms with E-state index in [1.807, 2.05) is 0 Å². The maximum atomic E-state index is 13.7. The van der Waals surface area contributed by atoms with Gasteiger partial charge in [-0.25, -0.2) is 9.37 Å². The first-order chi connectivity index (χ1) is 12.7. The SMILES string of the molecule is COc1ccc2ncn(C)c2c1CNC(=O)c1ccc(C(F)(F)F)c(F)c1. The minimum atomic E-state index is -4.82. The lowest BCUT2D eigenvalue weighted by Crippen LogP contribution is -2.24. The molecule has 0 bridgehead atoms. The van der Waals surface area contributed by atoms with Crippen molar-refractivity contribution in [1.29, 1.82) is 0 Å². The molecule has 0 radical (unpaired) electrons. The van der Waals surface area contributed by atoms with Gasteiger partial charge in [-0.05, 0) is 30.3 Å². The fourth-order valence-electron chi connectivity index (χ4n) is 2.83. The molecule has 1 heterocycles. The van der Waals surface area contributed by atoms with Crippen LogP contribution in [0.15, 0.2) is 36.7 Å². The number of carbonyl (C=O) groups is 1. The van der Waals surface area contributed by atoms with Crippen molar-refractivity contribution >= 4 is 16.9 Å². The molecule has 142 valence electrons. The molecule has 27 heavy (non-hydrogen) atoms. The summed E-state index contributed by atoms with van der Waals surface area (Å²) in [6, 6.07) is 5.52. The largest absolute Gasteiger partial charge is 0.496 e. The van der Waals surface area contributed by atoms with Crippen LogP contribution in [0, 0.1) is 5.82 Å². The molecule has 3 rings (SSSR count). The molecule has 5 nitrogen and oxygen atoms in total. The maximum Gasteiger partial charge on any atom is 0.419 e. The predicted molar refractivity (Wildman–Crippen MR) is 89.8 cm³/mol. The number of aryl methyl sites for hydroxylation is 1. The fraction of sp³-hybridized carbons (Fsp3) is 0.222. The van der Waals surface area contributed by atoms with Crippen LogP contribution in [0.3, 0.4) is 0 Å². The van der Waals surface area contributed by atoms with Crippen molar-refractivity contribution in [3.63, 3.8) is 0 Å². The van der Waals surface area contributed by atoms with Crippen LogP contribution >= 0.6 is 0 Å². The molecule has 1 aromatic heterocycles. The Kier molecular flexibility index (Phi) is 4.77. The van der Waals surface area contributed by atoms with E-state index < -0.39 is 23.5 Å². The first-order valence-electron chi connectivity index (χ1n) is 7.84. The van der Waals surface area contributed by atoms with Crippen molar-refractivity contribution in [3.8, 4) is 5.75 Å². The summed E-state index contributed by atoms with van der Waals surface area (Å²) < 4.78 is 58.6. The summed E-state index contributed by atoms with van der Waals surface area (Å²) in [7, 11) is 3.26. The second kappa shape index (κ2) is 6.90. The summed E-state index contributed by atoms with van der Waals surface area (Å²) in [6.07, 6.45) is -3.21. The Morgan fingerprint density at radius 3 is 2.63 bits per heavy atom. The topological polar surface area (TPSA) is 56.1 Å². The molecule has 1 amide bonds. The lowest BCUT2D eigenvalue weighted by Gasteiger charge is -2.13. The van der Waals surface area contributed by atoms with E-state index in [9.17, 15) is 22.4 Å². The van der Waals surface area contributed by atoms with Crippen molar-refractivity contribution < 1.29 is 27.1 Å². The number of halogens is 4. The molecule has 0 saturated carbocycles. The first kappa shape index (κ1) is 18.7. The van der Waals surface area contributed by atoms with Gasteiger partial charge < -0.3 is 14.6 Å². The van der Waals surface area contributed by atoms with E-state index in [0.29, 0.717) is 29.0 Å². The lowest BCUT2D eigenvalue weighted by atomic mass is 10.1. The molecule has 0 aliphatic rings. The molecule has 2 aromatic carbocycles. The molecular formula is C18H15F4N3O2. The van der Waals surface area contributed by atoms with Crippen LogP contribution in [0.25, 0.3) is 11.0 Å². The van der Waals surface area contributed by atoms with Gasteiger partial charge in [-0.1, -0.05) is 0 Å². The number of rotatable bonds is 4. The Morgan fingerprint density at radius 1 is 1.26 bits per heavy atom. The zero-order chi connectivity index (χ0) is 19.8. The molecule has 9 heteroatoms. The third-order valence-electron chi connectivity index (χ3n) is 4.12. The van der Waals surface area contributed by atoms with Gasteiger partial charge in [0.05, 0.1) is 30.0 Å². The number of ether oxygens (including phenoxy) is 1. The van der Waals surface area contributed by atoms with Crippen LogP contribution < -0.4 is 10.1 Å². The monoisotopic (exact) mass is 381 g/mol. The fourth-order valence-corrected chi connectivity index (χ4v) is 2.83. The summed E-state index contributed by atoms with van der Waals surface area (Å²) in [4.78, 5) is 16.5. The summed E-state index contributed by atoms with van der Waals surface area (Å²) in [5, 5.41) is 2.58. The van der Waals surface area contributed by atoms with Crippen molar-refractivity contribution in [3.05, 3.63) is 59.2 Å². The number of methoxy groups -OCH3 is 1. The second-order valence-corrected chi connectivity index (χ2v) is 5.84. The highest BCUT2D eigenvalue weighted by molar-refractivity contribution is 5.94. The molecular weight excluding hydrogens is 366 g/mol. The number of amides is 1. The Morgan fingerprint density at radius 2 is 2.00 bits per heavy atom. The van der Waals surface area contributed by atoms with Crippen LogP contribution in [0.1, 0.15) is 21.5 Å². The summed E-state index contributed by atoms with van der Waals surface area (Å²) in [5.74, 6) is -1.68. The van der Waals surface area contributed by atoms with Gasteiger partial charge in [0.2, 0.25) is 0 Å². The zero-order valence-electron chi connectivity index (χ0n) is 14.4. The number of benzene rings is 2. The van der Waals surface area contributed by atoms with Crippen LogP contribution in [0.4, 0.5) is 17.6 Å². The summed E-state index contributed by atoms with van der Waals surface area (Å²) >= 11 is 0. The number of hydrogen-bond acceptors (Lipinski definition) is 3. The van der Waals surface area contributed by atoms with E-state index in [0.717, 1.165) is 11.6 Å². The number of fused-ring (bicyclic) bond motifs is 1. The number of nitrogens with zero attached hydrogens (tertiary/aromatic N) is 2. The molecule has 0 saturated heterocycles. The van der Waals surface area contributed by atoms with E-state index >= 15 is 0 Å². The Bertz CT molecular complexity index is 1010. The van der Waals surface area contributed by atoms with Crippen LogP contribution in [-0.2, 0) is 19.8 Å². The quantitative estimate of drug-likeness (QED) is 0.702. The van der Waals surface area contributed by atoms with Gasteiger partial charge in [0, 0.05) is 24.7 Å². The molecule has 0 atom stereocenters. The van der Waals surface area contributed by atoms with Crippen LogP contribution in [0.2, 0.25) is 0 Å². The molecule has 0 aliphatic carbocycles. The number of alkyl halides is 3. The Labute approximate surface area is 151 Å². The van der Waals surface area contributed by atoms with Gasteiger partial charge in [0.15, 0.2) is 0 Å². The van der Waals surface area contributed by atoms with E-state index in [2.05, 4.69) is 10.3 Å². The predicted octanol–water partition coefficient (Wildman–Crippen LogP) is 3.67. The highest BCUT2D eigenvalue weighted by atomic mass is 19.4. The van der Waals surface area contributed by atoms with Gasteiger partial charge in [-0.15, -0.1) is 0 Å². The lowest BCUT2D eigenvalue weighted by molar-refractivity contribution is -0.140. The molecule has 0 fully saturated rings. The minimum absolute atomic E-state index is 0.0293. The standard InChI is InChI=1S/C18H15F4N3O2/c1-25-9-24-14-5-6-15(27-2)11(16(14)25)8-23-17(26)10-3-4-12(13(19)7-10)18(20,21)22/h3-7,9H,8H2,1-2H3,(H,23,26). The average Bonchev–Trinajstić information content (AvgIpc) is 2.99. The highest BCUT2D eigenvalue weighted by Gasteiger charge is 2.34. The highest BCUT2D eigenvalue weighted by Crippen LogP contribution is 2.31. The molecule has 0 spiro atoms. The third kappa shape index (κ3) is 3.57. The van der Waals surface area contributed by atoms with Gasteiger partial charge >= 0.3 is 6.18 Å². The molecule has 0 aliphatic heterocycles. The first-order valence-corrected chi connectivity index (χ1v) is 7.84. The van der Waals surface area contributed by atoms with E-state index in [-0.39, 0.29) is 12.1 Å².